The lowest BCUT2D eigenvalue weighted by Crippen LogP contribution is -2.47. The first-order valence-electron chi connectivity index (χ1n) is 6.17. The molecule has 0 saturated heterocycles. The van der Waals surface area contributed by atoms with E-state index in [2.05, 4.69) is 24.2 Å². The van der Waals surface area contributed by atoms with Crippen molar-refractivity contribution < 1.29 is 5.11 Å². The van der Waals surface area contributed by atoms with E-state index < -0.39 is 0 Å². The number of nitrogens with one attached hydrogen (secondary N) is 1. The highest BCUT2D eigenvalue weighted by Crippen LogP contribution is 2.27. The van der Waals surface area contributed by atoms with Crippen LogP contribution in [-0.2, 0) is 0 Å². The maximum atomic E-state index is 9.15. The van der Waals surface area contributed by atoms with Gasteiger partial charge in [-0.2, -0.15) is 0 Å². The average Bonchev–Trinajstić information content (AvgIpc) is 2.26. The third kappa shape index (κ3) is 3.74. The van der Waals surface area contributed by atoms with E-state index in [9.17, 15) is 0 Å². The third-order valence-electron chi connectivity index (χ3n) is 3.77. The fraction of sp³-hybridized carbons (Fsp3) is 1.00. The molecule has 1 rings (SSSR count). The van der Waals surface area contributed by atoms with Crippen LogP contribution >= 0.6 is 0 Å². The van der Waals surface area contributed by atoms with E-state index in [1.54, 1.807) is 0 Å². The Morgan fingerprint density at radius 3 is 2.60 bits per heavy atom. The molecule has 15 heavy (non-hydrogen) atoms. The summed E-state index contributed by atoms with van der Waals surface area (Å²) in [6, 6.07) is 0.922. The molecule has 2 N–H and O–H groups in total. The van der Waals surface area contributed by atoms with Crippen LogP contribution in [0.5, 0.6) is 0 Å². The van der Waals surface area contributed by atoms with Crippen molar-refractivity contribution in [2.75, 3.05) is 27.2 Å². The standard InChI is InChI=1S/C12H26N2O/c1-10-6-4-5-7-12(10)14(3)8-11(9-15)13-2/h10-13,15H,4-9H2,1-3H3. The fourth-order valence-corrected chi connectivity index (χ4v) is 2.67. The number of hydrogen-bond donors (Lipinski definition) is 2. The molecular weight excluding hydrogens is 188 g/mol. The molecule has 0 heterocycles. The van der Waals surface area contributed by atoms with Crippen molar-refractivity contribution in [3.8, 4) is 0 Å². The van der Waals surface area contributed by atoms with Gasteiger partial charge in [-0.25, -0.2) is 0 Å². The van der Waals surface area contributed by atoms with Crippen LogP contribution < -0.4 is 5.32 Å². The van der Waals surface area contributed by atoms with Gasteiger partial charge in [0.2, 0.25) is 0 Å². The molecule has 0 radical (unpaired) electrons. The summed E-state index contributed by atoms with van der Waals surface area (Å²) in [5.74, 6) is 0.806. The molecule has 1 saturated carbocycles. The van der Waals surface area contributed by atoms with E-state index in [0.717, 1.165) is 12.5 Å². The SMILES string of the molecule is CNC(CO)CN(C)C1CCCCC1C. The van der Waals surface area contributed by atoms with Crippen molar-refractivity contribution in [1.82, 2.24) is 10.2 Å². The molecule has 1 aliphatic rings. The predicted octanol–water partition coefficient (Wildman–Crippen LogP) is 1.08. The Morgan fingerprint density at radius 2 is 2.07 bits per heavy atom. The molecule has 0 aromatic carbocycles. The Hall–Kier alpha value is -0.120. The quantitative estimate of drug-likeness (QED) is 0.719. The fourth-order valence-electron chi connectivity index (χ4n) is 2.67. The lowest BCUT2D eigenvalue weighted by atomic mass is 9.85. The number of hydrogen-bond acceptors (Lipinski definition) is 3. The minimum Gasteiger partial charge on any atom is -0.395 e. The number of aliphatic hydroxyl groups is 1. The largest absolute Gasteiger partial charge is 0.395 e. The van der Waals surface area contributed by atoms with Gasteiger partial charge in [0.15, 0.2) is 0 Å². The van der Waals surface area contributed by atoms with Gasteiger partial charge in [0.1, 0.15) is 0 Å². The van der Waals surface area contributed by atoms with Gasteiger partial charge < -0.3 is 15.3 Å². The Balaban J connectivity index is 2.40. The molecule has 0 aromatic rings. The van der Waals surface area contributed by atoms with Crippen molar-refractivity contribution in [2.24, 2.45) is 5.92 Å². The number of likely N-dealkylation sites (N-methyl/N-ethyl adjacent to an activating group) is 2. The zero-order valence-corrected chi connectivity index (χ0v) is 10.4. The summed E-state index contributed by atoms with van der Waals surface area (Å²) < 4.78 is 0. The first-order valence-corrected chi connectivity index (χ1v) is 6.17. The number of nitrogens with zero attached hydrogens (tertiary/aromatic N) is 1. The molecule has 0 bridgehead atoms. The molecule has 0 aliphatic heterocycles. The van der Waals surface area contributed by atoms with Crippen LogP contribution in [0.4, 0.5) is 0 Å². The normalized spacial score (nSPS) is 29.4. The van der Waals surface area contributed by atoms with Crippen molar-refractivity contribution in [3.63, 3.8) is 0 Å². The molecule has 0 spiro atoms. The van der Waals surface area contributed by atoms with Crippen LogP contribution in [0.15, 0.2) is 0 Å². The summed E-state index contributed by atoms with van der Waals surface area (Å²) in [6.45, 7) is 3.53. The second-order valence-corrected chi connectivity index (χ2v) is 4.94. The molecule has 90 valence electrons. The van der Waals surface area contributed by atoms with Gasteiger partial charge in [-0.3, -0.25) is 0 Å². The van der Waals surface area contributed by atoms with E-state index >= 15 is 0 Å². The van der Waals surface area contributed by atoms with E-state index in [1.165, 1.54) is 25.7 Å². The highest BCUT2D eigenvalue weighted by atomic mass is 16.3. The summed E-state index contributed by atoms with van der Waals surface area (Å²) in [5, 5.41) is 12.3. The van der Waals surface area contributed by atoms with Gasteiger partial charge in [0, 0.05) is 18.6 Å². The topological polar surface area (TPSA) is 35.5 Å². The van der Waals surface area contributed by atoms with E-state index in [1.807, 2.05) is 7.05 Å². The zero-order chi connectivity index (χ0) is 11.3. The average molecular weight is 214 g/mol. The van der Waals surface area contributed by atoms with Crippen LogP contribution in [0.1, 0.15) is 32.6 Å². The van der Waals surface area contributed by atoms with Crippen LogP contribution in [0, 0.1) is 5.92 Å². The molecule has 0 aromatic heterocycles. The second kappa shape index (κ2) is 6.46. The molecule has 1 aliphatic carbocycles. The second-order valence-electron chi connectivity index (χ2n) is 4.94. The van der Waals surface area contributed by atoms with E-state index in [4.69, 9.17) is 5.11 Å². The van der Waals surface area contributed by atoms with Gasteiger partial charge >= 0.3 is 0 Å². The minimum absolute atomic E-state index is 0.212. The third-order valence-corrected chi connectivity index (χ3v) is 3.77. The van der Waals surface area contributed by atoms with Crippen LogP contribution in [0.2, 0.25) is 0 Å². The monoisotopic (exact) mass is 214 g/mol. The summed E-state index contributed by atoms with van der Waals surface area (Å²) in [7, 11) is 4.10. The van der Waals surface area contributed by atoms with Crippen molar-refractivity contribution >= 4 is 0 Å². The van der Waals surface area contributed by atoms with Crippen LogP contribution in [0.25, 0.3) is 0 Å². The van der Waals surface area contributed by atoms with Gasteiger partial charge in [-0.05, 0) is 32.9 Å². The number of rotatable bonds is 5. The van der Waals surface area contributed by atoms with E-state index in [-0.39, 0.29) is 12.6 Å². The molecular formula is C12H26N2O. The Labute approximate surface area is 93.9 Å². The number of aliphatic hydroxyl groups excluding tert-OH is 1. The van der Waals surface area contributed by atoms with Crippen molar-refractivity contribution in [3.05, 3.63) is 0 Å². The molecule has 3 heteroatoms. The summed E-state index contributed by atoms with van der Waals surface area (Å²) in [4.78, 5) is 2.42. The summed E-state index contributed by atoms with van der Waals surface area (Å²) in [6.07, 6.45) is 5.43. The Morgan fingerprint density at radius 1 is 1.40 bits per heavy atom. The molecule has 1 fully saturated rings. The van der Waals surface area contributed by atoms with Gasteiger partial charge in [-0.1, -0.05) is 19.8 Å². The molecule has 3 atom stereocenters. The molecule has 3 nitrogen and oxygen atoms in total. The van der Waals surface area contributed by atoms with Gasteiger partial charge in [0.25, 0.3) is 0 Å². The van der Waals surface area contributed by atoms with Crippen LogP contribution in [0.3, 0.4) is 0 Å². The van der Waals surface area contributed by atoms with Gasteiger partial charge in [-0.15, -0.1) is 0 Å². The highest BCUT2D eigenvalue weighted by Gasteiger charge is 2.25. The lowest BCUT2D eigenvalue weighted by Gasteiger charge is -2.37. The summed E-state index contributed by atoms with van der Waals surface area (Å²) in [5.41, 5.74) is 0. The Bertz CT molecular complexity index is 171. The van der Waals surface area contributed by atoms with E-state index in [0.29, 0.717) is 6.04 Å². The first-order chi connectivity index (χ1) is 7.19. The smallest absolute Gasteiger partial charge is 0.0597 e. The predicted molar refractivity (Wildman–Crippen MR) is 64.0 cm³/mol. The van der Waals surface area contributed by atoms with Crippen molar-refractivity contribution in [1.29, 1.82) is 0 Å². The first kappa shape index (κ1) is 12.9. The maximum absolute atomic E-state index is 9.15. The molecule has 3 unspecified atom stereocenters. The minimum atomic E-state index is 0.212. The van der Waals surface area contributed by atoms with Crippen molar-refractivity contribution in [2.45, 2.75) is 44.7 Å². The zero-order valence-electron chi connectivity index (χ0n) is 10.4. The molecule has 0 amide bonds. The maximum Gasteiger partial charge on any atom is 0.0597 e. The van der Waals surface area contributed by atoms with Gasteiger partial charge in [0.05, 0.1) is 6.61 Å². The Kier molecular flexibility index (Phi) is 5.58. The summed E-state index contributed by atoms with van der Waals surface area (Å²) >= 11 is 0. The highest BCUT2D eigenvalue weighted by molar-refractivity contribution is 4.81. The van der Waals surface area contributed by atoms with Crippen LogP contribution in [-0.4, -0.2) is 49.3 Å². The lowest BCUT2D eigenvalue weighted by molar-refractivity contribution is 0.114.